The molecule has 0 aromatic heterocycles. The van der Waals surface area contributed by atoms with Gasteiger partial charge in [-0.25, -0.2) is 0 Å². The molecular formula is C14H17BrN4. The van der Waals surface area contributed by atoms with Gasteiger partial charge in [0.05, 0.1) is 17.3 Å². The maximum absolute atomic E-state index is 8.88. The third-order valence-electron chi connectivity index (χ3n) is 3.95. The van der Waals surface area contributed by atoms with Gasteiger partial charge in [0.2, 0.25) is 0 Å². The largest absolute Gasteiger partial charge is 0.367 e. The van der Waals surface area contributed by atoms with Crippen LogP contribution >= 0.6 is 15.9 Å². The third-order valence-corrected chi connectivity index (χ3v) is 4.58. The van der Waals surface area contributed by atoms with Crippen LogP contribution in [0.25, 0.3) is 0 Å². The van der Waals surface area contributed by atoms with Gasteiger partial charge in [0.15, 0.2) is 0 Å². The van der Waals surface area contributed by atoms with Crippen LogP contribution in [0.1, 0.15) is 5.56 Å². The lowest BCUT2D eigenvalue weighted by Gasteiger charge is -2.48. The predicted octanol–water partition coefficient (Wildman–Crippen LogP) is 1.41. The fraction of sp³-hybridized carbons (Fsp3) is 0.500. The number of nitrogens with zero attached hydrogens (tertiary/aromatic N) is 3. The van der Waals surface area contributed by atoms with Gasteiger partial charge in [-0.1, -0.05) is 0 Å². The Balaban J connectivity index is 1.62. The van der Waals surface area contributed by atoms with Crippen molar-refractivity contribution in [2.75, 3.05) is 44.2 Å². The Labute approximate surface area is 122 Å². The van der Waals surface area contributed by atoms with Crippen LogP contribution in [-0.4, -0.2) is 50.2 Å². The molecule has 0 aliphatic carbocycles. The average Bonchev–Trinajstić information content (AvgIpc) is 2.40. The van der Waals surface area contributed by atoms with Gasteiger partial charge >= 0.3 is 0 Å². The van der Waals surface area contributed by atoms with Crippen molar-refractivity contribution in [3.05, 3.63) is 28.2 Å². The number of anilines is 1. The van der Waals surface area contributed by atoms with Crippen molar-refractivity contribution in [3.63, 3.8) is 0 Å². The molecule has 1 aromatic rings. The van der Waals surface area contributed by atoms with Crippen LogP contribution in [-0.2, 0) is 0 Å². The molecule has 100 valence electrons. The summed E-state index contributed by atoms with van der Waals surface area (Å²) >= 11 is 3.56. The van der Waals surface area contributed by atoms with E-state index in [1.54, 1.807) is 0 Å². The molecule has 0 saturated carbocycles. The third kappa shape index (κ3) is 2.62. The normalized spacial score (nSPS) is 20.9. The molecule has 2 heterocycles. The fourth-order valence-electron chi connectivity index (χ4n) is 2.76. The van der Waals surface area contributed by atoms with Crippen LogP contribution in [0.4, 0.5) is 5.69 Å². The van der Waals surface area contributed by atoms with Gasteiger partial charge < -0.3 is 10.2 Å². The molecule has 4 nitrogen and oxygen atoms in total. The molecule has 2 saturated heterocycles. The smallest absolute Gasteiger partial charge is 0.0992 e. The molecule has 19 heavy (non-hydrogen) atoms. The summed E-state index contributed by atoms with van der Waals surface area (Å²) in [5, 5.41) is 12.3. The van der Waals surface area contributed by atoms with E-state index in [9.17, 15) is 0 Å². The van der Waals surface area contributed by atoms with E-state index >= 15 is 0 Å². The van der Waals surface area contributed by atoms with Crippen molar-refractivity contribution < 1.29 is 0 Å². The maximum atomic E-state index is 8.88. The van der Waals surface area contributed by atoms with Crippen molar-refractivity contribution in [1.82, 2.24) is 10.2 Å². The Bertz CT molecular complexity index is 499. The van der Waals surface area contributed by atoms with Gasteiger partial charge in [-0.3, -0.25) is 4.90 Å². The minimum atomic E-state index is 0.685. The zero-order chi connectivity index (χ0) is 13.2. The standard InChI is InChI=1S/C14H17BrN4/c15-13-7-11(8-16)1-2-14(13)19-9-12(10-19)18-5-3-17-4-6-18/h1-2,7,12,17H,3-6,9-10H2. The van der Waals surface area contributed by atoms with Crippen molar-refractivity contribution in [1.29, 1.82) is 5.26 Å². The molecule has 1 aromatic carbocycles. The van der Waals surface area contributed by atoms with Gasteiger partial charge in [-0.15, -0.1) is 0 Å². The predicted molar refractivity (Wildman–Crippen MR) is 79.3 cm³/mol. The number of rotatable bonds is 2. The second kappa shape index (κ2) is 5.49. The lowest BCUT2D eigenvalue weighted by molar-refractivity contribution is 0.147. The van der Waals surface area contributed by atoms with E-state index in [1.807, 2.05) is 18.2 Å². The molecule has 0 radical (unpaired) electrons. The van der Waals surface area contributed by atoms with Crippen LogP contribution in [0.5, 0.6) is 0 Å². The maximum Gasteiger partial charge on any atom is 0.0992 e. The van der Waals surface area contributed by atoms with E-state index in [0.717, 1.165) is 43.7 Å². The highest BCUT2D eigenvalue weighted by atomic mass is 79.9. The van der Waals surface area contributed by atoms with Crippen LogP contribution in [0.3, 0.4) is 0 Å². The molecule has 0 spiro atoms. The summed E-state index contributed by atoms with van der Waals surface area (Å²) in [5.74, 6) is 0. The number of nitriles is 1. The number of hydrogen-bond donors (Lipinski definition) is 1. The Morgan fingerprint density at radius 2 is 2.00 bits per heavy atom. The van der Waals surface area contributed by atoms with Crippen molar-refractivity contribution in [2.45, 2.75) is 6.04 Å². The monoisotopic (exact) mass is 320 g/mol. The van der Waals surface area contributed by atoms with E-state index in [2.05, 4.69) is 37.1 Å². The topological polar surface area (TPSA) is 42.3 Å². The first-order valence-corrected chi connectivity index (χ1v) is 7.46. The van der Waals surface area contributed by atoms with E-state index in [4.69, 9.17) is 5.26 Å². The number of piperazine rings is 1. The zero-order valence-corrected chi connectivity index (χ0v) is 12.4. The zero-order valence-electron chi connectivity index (χ0n) is 10.8. The van der Waals surface area contributed by atoms with Gasteiger partial charge in [0.25, 0.3) is 0 Å². The van der Waals surface area contributed by atoms with Crippen LogP contribution < -0.4 is 10.2 Å². The highest BCUT2D eigenvalue weighted by Crippen LogP contribution is 2.31. The van der Waals surface area contributed by atoms with E-state index < -0.39 is 0 Å². The number of halogens is 1. The number of nitrogens with one attached hydrogen (secondary N) is 1. The highest BCUT2D eigenvalue weighted by molar-refractivity contribution is 9.10. The van der Waals surface area contributed by atoms with Gasteiger partial charge in [0.1, 0.15) is 0 Å². The second-order valence-electron chi connectivity index (χ2n) is 5.12. The molecule has 0 bridgehead atoms. The van der Waals surface area contributed by atoms with Crippen LogP contribution in [0.15, 0.2) is 22.7 Å². The molecule has 2 aliphatic rings. The quantitative estimate of drug-likeness (QED) is 0.894. The minimum absolute atomic E-state index is 0.685. The summed E-state index contributed by atoms with van der Waals surface area (Å²) in [4.78, 5) is 4.95. The minimum Gasteiger partial charge on any atom is -0.367 e. The molecule has 2 fully saturated rings. The van der Waals surface area contributed by atoms with E-state index in [1.165, 1.54) is 5.69 Å². The number of benzene rings is 1. The Morgan fingerprint density at radius 3 is 2.63 bits per heavy atom. The summed E-state index contributed by atoms with van der Waals surface area (Å²) in [6, 6.07) is 8.67. The van der Waals surface area contributed by atoms with Crippen molar-refractivity contribution in [2.24, 2.45) is 0 Å². The summed E-state index contributed by atoms with van der Waals surface area (Å²) in [5.41, 5.74) is 1.90. The Hall–Kier alpha value is -1.09. The molecule has 3 rings (SSSR count). The van der Waals surface area contributed by atoms with Gasteiger partial charge in [0, 0.05) is 49.8 Å². The lowest BCUT2D eigenvalue weighted by atomic mass is 10.0. The Kier molecular flexibility index (Phi) is 3.74. The summed E-state index contributed by atoms with van der Waals surface area (Å²) < 4.78 is 1.02. The first-order chi connectivity index (χ1) is 9.28. The van der Waals surface area contributed by atoms with E-state index in [0.29, 0.717) is 11.6 Å². The molecule has 2 aliphatic heterocycles. The summed E-state index contributed by atoms with van der Waals surface area (Å²) in [6.45, 7) is 6.71. The second-order valence-corrected chi connectivity index (χ2v) is 5.98. The van der Waals surface area contributed by atoms with E-state index in [-0.39, 0.29) is 0 Å². The van der Waals surface area contributed by atoms with Crippen LogP contribution in [0.2, 0.25) is 0 Å². The molecule has 0 unspecified atom stereocenters. The average molecular weight is 321 g/mol. The van der Waals surface area contributed by atoms with Crippen molar-refractivity contribution >= 4 is 21.6 Å². The molecule has 1 N–H and O–H groups in total. The first-order valence-electron chi connectivity index (χ1n) is 6.67. The molecule has 0 amide bonds. The molecule has 5 heteroatoms. The molecule has 0 atom stereocenters. The fourth-order valence-corrected chi connectivity index (χ4v) is 3.39. The summed E-state index contributed by atoms with van der Waals surface area (Å²) in [6.07, 6.45) is 0. The van der Waals surface area contributed by atoms with Crippen molar-refractivity contribution in [3.8, 4) is 6.07 Å². The highest BCUT2D eigenvalue weighted by Gasteiger charge is 2.33. The Morgan fingerprint density at radius 1 is 1.26 bits per heavy atom. The van der Waals surface area contributed by atoms with Gasteiger partial charge in [-0.05, 0) is 34.1 Å². The van der Waals surface area contributed by atoms with Crippen LogP contribution in [0, 0.1) is 11.3 Å². The van der Waals surface area contributed by atoms with Gasteiger partial charge in [-0.2, -0.15) is 5.26 Å². The first kappa shape index (κ1) is 12.9. The SMILES string of the molecule is N#Cc1ccc(N2CC(N3CCNCC3)C2)c(Br)c1. The number of hydrogen-bond acceptors (Lipinski definition) is 4. The summed E-state index contributed by atoms with van der Waals surface area (Å²) in [7, 11) is 0. The molecular weight excluding hydrogens is 304 g/mol. The lowest BCUT2D eigenvalue weighted by Crippen LogP contribution is -2.63.